The van der Waals surface area contributed by atoms with Crippen molar-refractivity contribution in [2.24, 2.45) is 16.8 Å². The Bertz CT molecular complexity index is 1430. The van der Waals surface area contributed by atoms with Crippen LogP contribution in [0.1, 0.15) is 27.9 Å². The molecular formula is C30H31N5O4S. The van der Waals surface area contributed by atoms with Gasteiger partial charge in [-0.2, -0.15) is 5.10 Å². The summed E-state index contributed by atoms with van der Waals surface area (Å²) >= 11 is 1.50. The Balaban J connectivity index is 1.31. The van der Waals surface area contributed by atoms with E-state index in [1.165, 1.54) is 11.8 Å². The van der Waals surface area contributed by atoms with Crippen LogP contribution >= 0.6 is 11.8 Å². The van der Waals surface area contributed by atoms with Crippen molar-refractivity contribution in [2.75, 3.05) is 24.1 Å². The van der Waals surface area contributed by atoms with Gasteiger partial charge >= 0.3 is 5.97 Å². The van der Waals surface area contributed by atoms with Gasteiger partial charge in [0.25, 0.3) is 0 Å². The first-order valence-corrected chi connectivity index (χ1v) is 13.5. The van der Waals surface area contributed by atoms with E-state index in [1.54, 1.807) is 48.5 Å². The molecule has 4 aromatic carbocycles. The molecule has 10 heteroatoms. The molecule has 0 spiro atoms. The summed E-state index contributed by atoms with van der Waals surface area (Å²) in [6.07, 6.45) is 0.608. The first-order chi connectivity index (χ1) is 19.5. The predicted octanol–water partition coefficient (Wildman–Crippen LogP) is 4.70. The summed E-state index contributed by atoms with van der Waals surface area (Å²) < 4.78 is 5.59. The molecular weight excluding hydrogens is 526 g/mol. The van der Waals surface area contributed by atoms with Crippen LogP contribution in [0, 0.1) is 0 Å². The number of nitrogen functional groups attached to an aromatic ring is 1. The Morgan fingerprint density at radius 1 is 0.875 bits per heavy atom. The lowest BCUT2D eigenvalue weighted by Gasteiger charge is -2.18. The first-order valence-electron chi connectivity index (χ1n) is 12.5. The fourth-order valence-electron chi connectivity index (χ4n) is 3.77. The van der Waals surface area contributed by atoms with Crippen molar-refractivity contribution in [2.45, 2.75) is 12.2 Å². The van der Waals surface area contributed by atoms with Crippen LogP contribution in [0.5, 0.6) is 5.75 Å². The molecule has 0 amide bonds. The third-order valence-corrected chi connectivity index (χ3v) is 7.02. The lowest BCUT2D eigenvalue weighted by molar-refractivity contribution is 0.0451. The van der Waals surface area contributed by atoms with Gasteiger partial charge in [0.2, 0.25) is 0 Å². The average Bonchev–Trinajstić information content (AvgIpc) is 2.99. The van der Waals surface area contributed by atoms with Crippen molar-refractivity contribution in [3.8, 4) is 16.9 Å². The SMILES string of the molecule is N/N=C(\SCc1ccc(-c2ccc(OCCCO)cc2)cc1)c1ccc(C(=O)ON(N)c2ccccc2N)cc1. The van der Waals surface area contributed by atoms with E-state index >= 15 is 0 Å². The minimum absolute atomic E-state index is 0.115. The number of anilines is 2. The summed E-state index contributed by atoms with van der Waals surface area (Å²) in [5.74, 6) is 12.4. The van der Waals surface area contributed by atoms with E-state index in [0.29, 0.717) is 40.8 Å². The Morgan fingerprint density at radius 2 is 1.50 bits per heavy atom. The van der Waals surface area contributed by atoms with Crippen molar-refractivity contribution in [1.82, 2.24) is 0 Å². The Kier molecular flexibility index (Phi) is 10.0. The molecule has 206 valence electrons. The van der Waals surface area contributed by atoms with E-state index in [4.69, 9.17) is 32.1 Å². The average molecular weight is 558 g/mol. The number of carbonyl (C=O) groups is 1. The number of hydrazone groups is 1. The number of carbonyl (C=O) groups excluding carboxylic acids is 1. The second-order valence-corrected chi connectivity index (χ2v) is 9.67. The molecule has 0 aliphatic carbocycles. The van der Waals surface area contributed by atoms with Gasteiger partial charge in [-0.25, -0.2) is 10.6 Å². The van der Waals surface area contributed by atoms with Crippen molar-refractivity contribution < 1.29 is 19.5 Å². The highest BCUT2D eigenvalue weighted by atomic mass is 32.2. The molecule has 4 aromatic rings. The highest BCUT2D eigenvalue weighted by Gasteiger charge is 2.15. The molecule has 0 atom stereocenters. The van der Waals surface area contributed by atoms with Gasteiger partial charge in [0.05, 0.1) is 17.9 Å². The zero-order valence-electron chi connectivity index (χ0n) is 21.8. The molecule has 0 heterocycles. The molecule has 0 bridgehead atoms. The fourth-order valence-corrected chi connectivity index (χ4v) is 4.64. The van der Waals surface area contributed by atoms with E-state index in [2.05, 4.69) is 29.4 Å². The van der Waals surface area contributed by atoms with Gasteiger partial charge in [0.1, 0.15) is 16.5 Å². The van der Waals surface area contributed by atoms with E-state index in [0.717, 1.165) is 33.2 Å². The van der Waals surface area contributed by atoms with Gasteiger partial charge in [-0.1, -0.05) is 72.4 Å². The summed E-state index contributed by atoms with van der Waals surface area (Å²) in [7, 11) is 0. The molecule has 0 fully saturated rings. The number of nitrogens with zero attached hydrogens (tertiary/aromatic N) is 2. The van der Waals surface area contributed by atoms with Crippen molar-refractivity contribution in [3.05, 3.63) is 114 Å². The molecule has 0 aliphatic heterocycles. The molecule has 0 aliphatic rings. The number of hydrogen-bond donors (Lipinski definition) is 4. The van der Waals surface area contributed by atoms with Crippen LogP contribution in [0.25, 0.3) is 11.1 Å². The second-order valence-electron chi connectivity index (χ2n) is 8.71. The number of nitrogens with two attached hydrogens (primary N) is 3. The van der Waals surface area contributed by atoms with E-state index in [-0.39, 0.29) is 6.61 Å². The number of thioether (sulfide) groups is 1. The number of hydrogen-bond acceptors (Lipinski definition) is 10. The molecule has 40 heavy (non-hydrogen) atoms. The van der Waals surface area contributed by atoms with Gasteiger partial charge in [0, 0.05) is 24.3 Å². The van der Waals surface area contributed by atoms with Gasteiger partial charge < -0.3 is 26.3 Å². The number of ether oxygens (including phenoxy) is 1. The minimum Gasteiger partial charge on any atom is -0.494 e. The van der Waals surface area contributed by atoms with Gasteiger partial charge in [0.15, 0.2) is 0 Å². The van der Waals surface area contributed by atoms with Crippen LogP contribution in [-0.4, -0.2) is 29.3 Å². The van der Waals surface area contributed by atoms with Crippen LogP contribution in [0.4, 0.5) is 11.4 Å². The van der Waals surface area contributed by atoms with Crippen LogP contribution in [-0.2, 0) is 10.6 Å². The number of para-hydroxylation sites is 2. The highest BCUT2D eigenvalue weighted by Crippen LogP contribution is 2.26. The number of hydrazine groups is 1. The second kappa shape index (κ2) is 14.0. The Labute approximate surface area is 237 Å². The normalized spacial score (nSPS) is 11.2. The number of aliphatic hydroxyl groups excluding tert-OH is 1. The fraction of sp³-hybridized carbons (Fsp3) is 0.133. The molecule has 0 saturated heterocycles. The summed E-state index contributed by atoms with van der Waals surface area (Å²) in [5, 5.41) is 14.3. The van der Waals surface area contributed by atoms with E-state index in [9.17, 15) is 4.79 Å². The molecule has 4 rings (SSSR count). The predicted molar refractivity (Wildman–Crippen MR) is 160 cm³/mol. The monoisotopic (exact) mass is 557 g/mol. The van der Waals surface area contributed by atoms with E-state index in [1.807, 2.05) is 24.3 Å². The summed E-state index contributed by atoms with van der Waals surface area (Å²) in [4.78, 5) is 17.8. The van der Waals surface area contributed by atoms with Crippen LogP contribution in [0.15, 0.2) is 102 Å². The molecule has 0 saturated carbocycles. The van der Waals surface area contributed by atoms with Gasteiger partial charge in [-0.3, -0.25) is 0 Å². The van der Waals surface area contributed by atoms with Crippen LogP contribution < -0.4 is 27.3 Å². The summed E-state index contributed by atoms with van der Waals surface area (Å²) in [6.45, 7) is 0.606. The zero-order valence-corrected chi connectivity index (χ0v) is 22.6. The van der Waals surface area contributed by atoms with Crippen LogP contribution in [0.2, 0.25) is 0 Å². The molecule has 0 unspecified atom stereocenters. The molecule has 7 N–H and O–H groups in total. The van der Waals surface area contributed by atoms with Crippen LogP contribution in [0.3, 0.4) is 0 Å². The van der Waals surface area contributed by atoms with Gasteiger partial charge in [-0.15, -0.1) is 5.17 Å². The molecule has 0 aromatic heterocycles. The maximum Gasteiger partial charge on any atom is 0.365 e. The quantitative estimate of drug-likeness (QED) is 0.0514. The highest BCUT2D eigenvalue weighted by molar-refractivity contribution is 8.13. The van der Waals surface area contributed by atoms with E-state index < -0.39 is 5.97 Å². The number of rotatable bonds is 11. The maximum absolute atomic E-state index is 12.5. The van der Waals surface area contributed by atoms with Crippen molar-refractivity contribution in [1.29, 1.82) is 0 Å². The number of aliphatic hydroxyl groups is 1. The van der Waals surface area contributed by atoms with Crippen molar-refractivity contribution in [3.63, 3.8) is 0 Å². The molecule has 0 radical (unpaired) electrons. The topological polar surface area (TPSA) is 149 Å². The summed E-state index contributed by atoms with van der Waals surface area (Å²) in [5.41, 5.74) is 11.0. The zero-order chi connectivity index (χ0) is 28.3. The largest absolute Gasteiger partial charge is 0.494 e. The lowest BCUT2D eigenvalue weighted by Crippen LogP contribution is -2.34. The summed E-state index contributed by atoms with van der Waals surface area (Å²) in [6, 6.07) is 29.7. The standard InChI is InChI=1S/C30H31N5O4S/c31-27-4-1-2-5-28(27)35(33)39-30(37)25-12-10-24(11-13-25)29(34-32)40-20-21-6-8-22(9-7-21)23-14-16-26(17-15-23)38-19-3-18-36/h1-2,4-17,36H,3,18-20,31-33H2/b34-29-. The third-order valence-electron chi connectivity index (χ3n) is 5.93. The smallest absolute Gasteiger partial charge is 0.365 e. The van der Waals surface area contributed by atoms with Gasteiger partial charge in [-0.05, 0) is 53.1 Å². The number of benzene rings is 4. The molecule has 9 nitrogen and oxygen atoms in total. The third kappa shape index (κ3) is 7.54. The first kappa shape index (κ1) is 28.5. The Hall–Kier alpha value is -4.51. The van der Waals surface area contributed by atoms with Crippen molar-refractivity contribution >= 4 is 34.1 Å². The Morgan fingerprint density at radius 3 is 2.12 bits per heavy atom. The lowest BCUT2D eigenvalue weighted by atomic mass is 10.0. The maximum atomic E-state index is 12.5. The minimum atomic E-state index is -0.625.